The van der Waals surface area contributed by atoms with Crippen molar-refractivity contribution in [2.75, 3.05) is 10.5 Å². The first-order chi connectivity index (χ1) is 8.28. The smallest absolute Gasteiger partial charge is 0.232 e. The quantitative estimate of drug-likeness (QED) is 0.808. The molecule has 0 unspecified atom stereocenters. The maximum absolute atomic E-state index is 11.4. The number of sulfonamides is 1. The summed E-state index contributed by atoms with van der Waals surface area (Å²) >= 11 is 0. The van der Waals surface area contributed by atoms with Crippen molar-refractivity contribution in [3.63, 3.8) is 0 Å². The molecule has 18 heavy (non-hydrogen) atoms. The molecule has 0 amide bonds. The van der Waals surface area contributed by atoms with Gasteiger partial charge in [0.2, 0.25) is 10.0 Å². The third-order valence-electron chi connectivity index (χ3n) is 2.38. The lowest BCUT2D eigenvalue weighted by Crippen LogP contribution is -2.24. The van der Waals surface area contributed by atoms with E-state index in [1.165, 1.54) is 0 Å². The summed E-state index contributed by atoms with van der Waals surface area (Å²) in [4.78, 5) is 0. The Kier molecular flexibility index (Phi) is 4.40. The summed E-state index contributed by atoms with van der Waals surface area (Å²) in [6.45, 7) is 9.07. The second-order valence-corrected chi connectivity index (χ2v) is 6.45. The molecule has 1 N–H and O–H groups in total. The predicted octanol–water partition coefficient (Wildman–Crippen LogP) is 2.79. The topological polar surface area (TPSA) is 55.4 Å². The van der Waals surface area contributed by atoms with Crippen molar-refractivity contribution in [3.8, 4) is 5.75 Å². The number of hydrogen-bond acceptors (Lipinski definition) is 3. The van der Waals surface area contributed by atoms with Gasteiger partial charge in [-0.3, -0.25) is 4.72 Å². The molecule has 0 saturated heterocycles. The van der Waals surface area contributed by atoms with E-state index in [2.05, 4.69) is 11.3 Å². The number of rotatable bonds is 6. The second kappa shape index (κ2) is 5.44. The van der Waals surface area contributed by atoms with Gasteiger partial charge in [0.05, 0.1) is 5.75 Å². The minimum atomic E-state index is -3.23. The predicted molar refractivity (Wildman–Crippen MR) is 74.4 cm³/mol. The lowest BCUT2D eigenvalue weighted by Gasteiger charge is -2.22. The van der Waals surface area contributed by atoms with Crippen molar-refractivity contribution >= 4 is 15.7 Å². The van der Waals surface area contributed by atoms with Gasteiger partial charge in [-0.2, -0.15) is 0 Å². The molecule has 0 saturated carbocycles. The molecule has 5 heteroatoms. The van der Waals surface area contributed by atoms with Gasteiger partial charge >= 0.3 is 0 Å². The molecule has 0 fully saturated rings. The standard InChI is InChI=1S/C13H19NO3S/c1-5-13(3,4)17-12-9-7-11(8-10-12)14-18(15,16)6-2/h5,7-10,14H,1,6H2,2-4H3. The van der Waals surface area contributed by atoms with Crippen LogP contribution >= 0.6 is 0 Å². The molecule has 4 nitrogen and oxygen atoms in total. The summed E-state index contributed by atoms with van der Waals surface area (Å²) in [7, 11) is -3.23. The van der Waals surface area contributed by atoms with Crippen LogP contribution in [0.4, 0.5) is 5.69 Å². The summed E-state index contributed by atoms with van der Waals surface area (Å²) in [5, 5.41) is 0. The van der Waals surface area contributed by atoms with Gasteiger partial charge in [0.25, 0.3) is 0 Å². The second-order valence-electron chi connectivity index (χ2n) is 4.44. The van der Waals surface area contributed by atoms with Crippen LogP contribution in [-0.2, 0) is 10.0 Å². The molecule has 0 bridgehead atoms. The first-order valence-electron chi connectivity index (χ1n) is 5.71. The van der Waals surface area contributed by atoms with Crippen molar-refractivity contribution in [2.24, 2.45) is 0 Å². The van der Waals surface area contributed by atoms with Crippen LogP contribution in [0.25, 0.3) is 0 Å². The van der Waals surface area contributed by atoms with Gasteiger partial charge in [0, 0.05) is 5.69 Å². The summed E-state index contributed by atoms with van der Waals surface area (Å²) < 4.78 is 30.9. The zero-order valence-corrected chi connectivity index (χ0v) is 11.8. The lowest BCUT2D eigenvalue weighted by atomic mass is 10.1. The van der Waals surface area contributed by atoms with E-state index in [4.69, 9.17) is 4.74 Å². The van der Waals surface area contributed by atoms with Gasteiger partial charge in [-0.1, -0.05) is 6.58 Å². The molecule has 0 radical (unpaired) electrons. The molecular formula is C13H19NO3S. The van der Waals surface area contributed by atoms with Crippen molar-refractivity contribution < 1.29 is 13.2 Å². The van der Waals surface area contributed by atoms with Gasteiger partial charge in [-0.05, 0) is 51.1 Å². The van der Waals surface area contributed by atoms with Crippen molar-refractivity contribution in [1.29, 1.82) is 0 Å². The van der Waals surface area contributed by atoms with Gasteiger partial charge in [-0.15, -0.1) is 0 Å². The van der Waals surface area contributed by atoms with Gasteiger partial charge in [0.15, 0.2) is 0 Å². The fourth-order valence-corrected chi connectivity index (χ4v) is 1.83. The molecule has 0 aliphatic rings. The first-order valence-corrected chi connectivity index (χ1v) is 7.36. The largest absolute Gasteiger partial charge is 0.484 e. The lowest BCUT2D eigenvalue weighted by molar-refractivity contribution is 0.162. The Balaban J connectivity index is 2.78. The third kappa shape index (κ3) is 4.41. The molecule has 100 valence electrons. The normalized spacial score (nSPS) is 11.9. The SMILES string of the molecule is C=CC(C)(C)Oc1ccc(NS(=O)(=O)CC)cc1. The van der Waals surface area contributed by atoms with Gasteiger partial charge < -0.3 is 4.74 Å². The minimum Gasteiger partial charge on any atom is -0.484 e. The van der Waals surface area contributed by atoms with E-state index in [-0.39, 0.29) is 5.75 Å². The highest BCUT2D eigenvalue weighted by Crippen LogP contribution is 2.21. The van der Waals surface area contributed by atoms with Crippen LogP contribution in [0, 0.1) is 0 Å². The maximum Gasteiger partial charge on any atom is 0.232 e. The van der Waals surface area contributed by atoms with E-state index in [1.807, 2.05) is 13.8 Å². The zero-order valence-electron chi connectivity index (χ0n) is 10.9. The maximum atomic E-state index is 11.4. The summed E-state index contributed by atoms with van der Waals surface area (Å²) in [5.41, 5.74) is 0.0744. The Morgan fingerprint density at radius 3 is 2.33 bits per heavy atom. The van der Waals surface area contributed by atoms with Crippen molar-refractivity contribution in [2.45, 2.75) is 26.4 Å². The minimum absolute atomic E-state index is 0.0503. The van der Waals surface area contributed by atoms with E-state index in [0.717, 1.165) is 0 Å². The van der Waals surface area contributed by atoms with E-state index >= 15 is 0 Å². The molecular weight excluding hydrogens is 250 g/mol. The number of ether oxygens (including phenoxy) is 1. The van der Waals surface area contributed by atoms with Crippen molar-refractivity contribution in [1.82, 2.24) is 0 Å². The fourth-order valence-electron chi connectivity index (χ4n) is 1.19. The van der Waals surface area contributed by atoms with Crippen molar-refractivity contribution in [3.05, 3.63) is 36.9 Å². The molecule has 1 rings (SSSR count). The monoisotopic (exact) mass is 269 g/mol. The average molecular weight is 269 g/mol. The summed E-state index contributed by atoms with van der Waals surface area (Å²) in [5.74, 6) is 0.716. The Hall–Kier alpha value is -1.49. The van der Waals surface area contributed by atoms with Crippen LogP contribution in [0.3, 0.4) is 0 Å². The summed E-state index contributed by atoms with van der Waals surface area (Å²) in [6, 6.07) is 6.78. The van der Waals surface area contributed by atoms with E-state index in [0.29, 0.717) is 11.4 Å². The molecule has 0 atom stereocenters. The van der Waals surface area contributed by atoms with E-state index < -0.39 is 15.6 Å². The van der Waals surface area contributed by atoms with Gasteiger partial charge in [0.1, 0.15) is 11.4 Å². The van der Waals surface area contributed by atoms with Crippen LogP contribution < -0.4 is 9.46 Å². The molecule has 0 spiro atoms. The Morgan fingerprint density at radius 1 is 1.33 bits per heavy atom. The Labute approximate surface area is 109 Å². The van der Waals surface area contributed by atoms with Crippen LogP contribution in [0.1, 0.15) is 20.8 Å². The number of benzene rings is 1. The number of nitrogens with one attached hydrogen (secondary N) is 1. The fraction of sp³-hybridized carbons (Fsp3) is 0.385. The highest BCUT2D eigenvalue weighted by molar-refractivity contribution is 7.92. The molecule has 0 aliphatic heterocycles. The first kappa shape index (κ1) is 14.6. The van der Waals surface area contributed by atoms with E-state index in [9.17, 15) is 8.42 Å². The molecule has 0 aromatic heterocycles. The van der Waals surface area contributed by atoms with Crippen LogP contribution in [0.5, 0.6) is 5.75 Å². The highest BCUT2D eigenvalue weighted by Gasteiger charge is 2.14. The average Bonchev–Trinajstić information content (AvgIpc) is 2.31. The number of anilines is 1. The van der Waals surface area contributed by atoms with E-state index in [1.54, 1.807) is 37.3 Å². The summed E-state index contributed by atoms with van der Waals surface area (Å²) in [6.07, 6.45) is 1.71. The Bertz CT molecular complexity index is 504. The number of hydrogen-bond donors (Lipinski definition) is 1. The van der Waals surface area contributed by atoms with Crippen LogP contribution in [0.15, 0.2) is 36.9 Å². The highest BCUT2D eigenvalue weighted by atomic mass is 32.2. The van der Waals surface area contributed by atoms with Gasteiger partial charge in [-0.25, -0.2) is 8.42 Å². The molecule has 1 aromatic rings. The Morgan fingerprint density at radius 2 is 1.89 bits per heavy atom. The molecule has 0 aliphatic carbocycles. The third-order valence-corrected chi connectivity index (χ3v) is 3.69. The van der Waals surface area contributed by atoms with Crippen LogP contribution in [0.2, 0.25) is 0 Å². The van der Waals surface area contributed by atoms with Crippen LogP contribution in [-0.4, -0.2) is 19.8 Å². The molecule has 0 heterocycles. The zero-order chi connectivity index (χ0) is 13.8. The molecule has 1 aromatic carbocycles.